The largest absolute Gasteiger partial charge is 0.462 e. The van der Waals surface area contributed by atoms with Crippen LogP contribution in [-0.4, -0.2) is 40.8 Å². The predicted octanol–water partition coefficient (Wildman–Crippen LogP) is 3.19. The van der Waals surface area contributed by atoms with E-state index in [0.717, 1.165) is 12.8 Å². The molecule has 0 fully saturated rings. The minimum atomic E-state index is -1.69. The van der Waals surface area contributed by atoms with Gasteiger partial charge in [-0.2, -0.15) is 0 Å². The number of carbonyl (C=O) groups is 3. The first kappa shape index (κ1) is 22.2. The van der Waals surface area contributed by atoms with Crippen molar-refractivity contribution in [2.24, 2.45) is 0 Å². The van der Waals surface area contributed by atoms with Gasteiger partial charge in [0.25, 0.3) is 11.8 Å². The van der Waals surface area contributed by atoms with E-state index in [0.29, 0.717) is 17.8 Å². The predicted molar refractivity (Wildman–Crippen MR) is 116 cm³/mol. The van der Waals surface area contributed by atoms with Gasteiger partial charge < -0.3 is 15.0 Å². The van der Waals surface area contributed by atoms with Crippen LogP contribution >= 0.6 is 0 Å². The minimum absolute atomic E-state index is 0.130. The molecule has 0 bridgehead atoms. The van der Waals surface area contributed by atoms with Crippen LogP contribution in [0.4, 0.5) is 0 Å². The molecule has 2 heterocycles. The van der Waals surface area contributed by atoms with Crippen LogP contribution in [0.3, 0.4) is 0 Å². The van der Waals surface area contributed by atoms with Crippen molar-refractivity contribution in [1.82, 2.24) is 15.2 Å². The third kappa shape index (κ3) is 4.08. The first-order chi connectivity index (χ1) is 15.0. The highest BCUT2D eigenvalue weighted by molar-refractivity contribution is 6.11. The molecule has 1 aromatic carbocycles. The first-order valence-corrected chi connectivity index (χ1v) is 10.5. The number of rotatable bonds is 8. The molecular weight excluding hydrogens is 394 g/mol. The number of nitrogens with zero attached hydrogens (tertiary/aromatic N) is 2. The van der Waals surface area contributed by atoms with E-state index in [9.17, 15) is 14.4 Å². The Hall–Kier alpha value is -3.48. The van der Waals surface area contributed by atoms with Crippen LogP contribution in [-0.2, 0) is 19.9 Å². The Morgan fingerprint density at radius 1 is 1.10 bits per heavy atom. The van der Waals surface area contributed by atoms with Gasteiger partial charge >= 0.3 is 5.97 Å². The summed E-state index contributed by atoms with van der Waals surface area (Å²) in [6, 6.07) is 13.8. The zero-order chi connectivity index (χ0) is 22.4. The van der Waals surface area contributed by atoms with E-state index in [1.165, 1.54) is 6.20 Å². The van der Waals surface area contributed by atoms with Crippen LogP contribution < -0.4 is 5.32 Å². The molecule has 0 radical (unpaired) electrons. The van der Waals surface area contributed by atoms with Crippen molar-refractivity contribution in [3.8, 4) is 0 Å². The Balaban J connectivity index is 2.20. The third-order valence-corrected chi connectivity index (χ3v) is 5.33. The maximum atomic E-state index is 13.9. The number of amides is 2. The monoisotopic (exact) mass is 421 g/mol. The summed E-state index contributed by atoms with van der Waals surface area (Å²) >= 11 is 0. The highest BCUT2D eigenvalue weighted by atomic mass is 16.5. The lowest BCUT2D eigenvalue weighted by molar-refractivity contribution is -0.141. The van der Waals surface area contributed by atoms with Gasteiger partial charge in [0.15, 0.2) is 5.54 Å². The molecule has 1 aromatic heterocycles. The Morgan fingerprint density at radius 3 is 2.42 bits per heavy atom. The van der Waals surface area contributed by atoms with E-state index in [-0.39, 0.29) is 23.8 Å². The van der Waals surface area contributed by atoms with Crippen LogP contribution in [0.15, 0.2) is 66.0 Å². The zero-order valence-electron chi connectivity index (χ0n) is 18.1. The molecule has 3 rings (SSSR count). The molecule has 1 aliphatic rings. The van der Waals surface area contributed by atoms with Crippen molar-refractivity contribution >= 4 is 17.8 Å². The van der Waals surface area contributed by atoms with E-state index in [1.807, 2.05) is 13.0 Å². The fraction of sp³-hybridized carbons (Fsp3) is 0.333. The van der Waals surface area contributed by atoms with Gasteiger partial charge in [-0.3, -0.25) is 14.6 Å². The molecule has 1 unspecified atom stereocenters. The van der Waals surface area contributed by atoms with Crippen LogP contribution in [0.2, 0.25) is 0 Å². The van der Waals surface area contributed by atoms with Crippen molar-refractivity contribution < 1.29 is 19.1 Å². The quantitative estimate of drug-likeness (QED) is 0.662. The van der Waals surface area contributed by atoms with Gasteiger partial charge in [-0.1, -0.05) is 49.7 Å². The summed E-state index contributed by atoms with van der Waals surface area (Å²) in [7, 11) is 0. The normalized spacial score (nSPS) is 18.3. The summed E-state index contributed by atoms with van der Waals surface area (Å²) < 4.78 is 5.32. The molecule has 162 valence electrons. The highest BCUT2D eigenvalue weighted by Gasteiger charge is 2.57. The fourth-order valence-electron chi connectivity index (χ4n) is 3.83. The van der Waals surface area contributed by atoms with Crippen LogP contribution in [0.25, 0.3) is 0 Å². The van der Waals surface area contributed by atoms with Crippen LogP contribution in [0.1, 0.15) is 49.7 Å². The third-order valence-electron chi connectivity index (χ3n) is 5.33. The van der Waals surface area contributed by atoms with E-state index in [1.54, 1.807) is 61.2 Å². The number of carbonyl (C=O) groups excluding carboxylic acids is 3. The maximum Gasteiger partial charge on any atom is 0.339 e. The fourth-order valence-corrected chi connectivity index (χ4v) is 3.83. The van der Waals surface area contributed by atoms with E-state index < -0.39 is 17.4 Å². The summed E-state index contributed by atoms with van der Waals surface area (Å²) in [5.74, 6) is -1.56. The molecule has 0 saturated carbocycles. The summed E-state index contributed by atoms with van der Waals surface area (Å²) in [5.41, 5.74) is -0.433. The molecule has 2 aromatic rings. The van der Waals surface area contributed by atoms with Crippen molar-refractivity contribution in [2.75, 3.05) is 13.2 Å². The molecule has 2 amide bonds. The number of esters is 1. The smallest absolute Gasteiger partial charge is 0.339 e. The van der Waals surface area contributed by atoms with Crippen molar-refractivity contribution in [1.29, 1.82) is 0 Å². The van der Waals surface area contributed by atoms with Gasteiger partial charge in [-0.25, -0.2) is 4.79 Å². The average molecular weight is 421 g/mol. The van der Waals surface area contributed by atoms with Gasteiger partial charge in [-0.05, 0) is 38.0 Å². The lowest BCUT2D eigenvalue weighted by Crippen LogP contribution is -2.55. The van der Waals surface area contributed by atoms with Gasteiger partial charge in [0, 0.05) is 18.4 Å². The van der Waals surface area contributed by atoms with Crippen LogP contribution in [0, 0.1) is 0 Å². The molecule has 1 aliphatic heterocycles. The Bertz CT molecular complexity index is 988. The Kier molecular flexibility index (Phi) is 6.84. The molecule has 0 spiro atoms. The second-order valence-corrected chi connectivity index (χ2v) is 7.28. The topological polar surface area (TPSA) is 88.6 Å². The average Bonchev–Trinajstić information content (AvgIpc) is 3.00. The minimum Gasteiger partial charge on any atom is -0.462 e. The number of aromatic nitrogens is 1. The summed E-state index contributed by atoms with van der Waals surface area (Å²) in [6.07, 6.45) is 3.14. The molecular formula is C24H27N3O4. The van der Waals surface area contributed by atoms with E-state index in [2.05, 4.69) is 10.3 Å². The molecule has 31 heavy (non-hydrogen) atoms. The molecule has 7 nitrogen and oxygen atoms in total. The zero-order valence-corrected chi connectivity index (χ0v) is 18.1. The lowest BCUT2D eigenvalue weighted by Gasteiger charge is -2.32. The van der Waals surface area contributed by atoms with E-state index >= 15 is 0 Å². The second-order valence-electron chi connectivity index (χ2n) is 7.28. The van der Waals surface area contributed by atoms with Crippen molar-refractivity contribution in [3.63, 3.8) is 0 Å². The van der Waals surface area contributed by atoms with Gasteiger partial charge in [0.1, 0.15) is 5.69 Å². The van der Waals surface area contributed by atoms with Crippen molar-refractivity contribution in [2.45, 2.75) is 39.2 Å². The number of hydrogen-bond acceptors (Lipinski definition) is 5. The highest BCUT2D eigenvalue weighted by Crippen LogP contribution is 2.42. The molecule has 0 aliphatic carbocycles. The molecule has 1 atom stereocenters. The number of allylic oxidation sites excluding steroid dienone is 1. The molecule has 1 N–H and O–H groups in total. The number of hydrogen-bond donors (Lipinski definition) is 1. The number of nitrogens with one attached hydrogen (secondary N) is 1. The number of unbranched alkanes of at least 4 members (excludes halogenated alkanes) is 1. The van der Waals surface area contributed by atoms with E-state index in [4.69, 9.17) is 4.74 Å². The molecule has 0 saturated heterocycles. The SMILES string of the molecule is CCCCN1C(=O)C(NC(=O)c2ccccn2)(c2ccccc2)C(C(=O)OCC)=C1C. The lowest BCUT2D eigenvalue weighted by atomic mass is 9.82. The van der Waals surface area contributed by atoms with Gasteiger partial charge in [0.05, 0.1) is 12.2 Å². The first-order valence-electron chi connectivity index (χ1n) is 10.5. The van der Waals surface area contributed by atoms with Gasteiger partial charge in [-0.15, -0.1) is 0 Å². The molecule has 7 heteroatoms. The summed E-state index contributed by atoms with van der Waals surface area (Å²) in [6.45, 7) is 6.04. The Labute approximate surface area is 182 Å². The Morgan fingerprint density at radius 2 is 1.81 bits per heavy atom. The van der Waals surface area contributed by atoms with Crippen LogP contribution in [0.5, 0.6) is 0 Å². The number of pyridine rings is 1. The summed E-state index contributed by atoms with van der Waals surface area (Å²) in [4.78, 5) is 45.8. The van der Waals surface area contributed by atoms with Gasteiger partial charge in [0.2, 0.25) is 0 Å². The standard InChI is InChI=1S/C24H27N3O4/c1-4-6-16-27-17(3)20(22(29)31-5-2)24(23(27)30,18-12-8-7-9-13-18)26-21(28)19-14-10-11-15-25-19/h7-15H,4-6,16H2,1-3H3,(H,26,28). The number of benzene rings is 1. The van der Waals surface area contributed by atoms with Crippen molar-refractivity contribution in [3.05, 3.63) is 77.3 Å². The summed E-state index contributed by atoms with van der Waals surface area (Å²) in [5, 5.41) is 2.85. The maximum absolute atomic E-state index is 13.9. The second kappa shape index (κ2) is 9.55. The number of ether oxygens (including phenoxy) is 1.